The Hall–Kier alpha value is -2.85. The fourth-order valence-electron chi connectivity index (χ4n) is 3.42. The summed E-state index contributed by atoms with van der Waals surface area (Å²) in [5.41, 5.74) is 5.64. The first-order chi connectivity index (χ1) is 13.1. The molecule has 0 spiro atoms. The third-order valence-corrected chi connectivity index (χ3v) is 5.09. The van der Waals surface area contributed by atoms with Gasteiger partial charge in [-0.15, -0.1) is 0 Å². The summed E-state index contributed by atoms with van der Waals surface area (Å²) in [6.45, 7) is 2.85. The number of carbonyl (C=O) groups is 1. The predicted molar refractivity (Wildman–Crippen MR) is 110 cm³/mol. The van der Waals surface area contributed by atoms with Crippen LogP contribution < -0.4 is 10.2 Å². The van der Waals surface area contributed by atoms with E-state index in [1.807, 2.05) is 37.4 Å². The van der Waals surface area contributed by atoms with Gasteiger partial charge in [-0.2, -0.15) is 0 Å². The van der Waals surface area contributed by atoms with Crippen molar-refractivity contribution in [2.75, 3.05) is 16.8 Å². The SMILES string of the molecule is Cc1ccc(Cl)cc1NC(=O)c1cncc(N2CCCc3ccccc32)c1. The van der Waals surface area contributed by atoms with Crippen molar-refractivity contribution in [3.8, 4) is 0 Å². The molecule has 0 saturated carbocycles. The van der Waals surface area contributed by atoms with E-state index in [4.69, 9.17) is 11.6 Å². The molecule has 0 atom stereocenters. The van der Waals surface area contributed by atoms with Crippen LogP contribution in [-0.2, 0) is 6.42 Å². The summed E-state index contributed by atoms with van der Waals surface area (Å²) < 4.78 is 0. The second-order valence-electron chi connectivity index (χ2n) is 6.73. The second kappa shape index (κ2) is 7.41. The Labute approximate surface area is 163 Å². The van der Waals surface area contributed by atoms with Crippen LogP contribution in [0.4, 0.5) is 17.1 Å². The Bertz CT molecular complexity index is 1000. The zero-order chi connectivity index (χ0) is 18.8. The van der Waals surface area contributed by atoms with E-state index in [0.717, 1.165) is 30.6 Å². The molecule has 0 fully saturated rings. The maximum Gasteiger partial charge on any atom is 0.257 e. The van der Waals surface area contributed by atoms with Gasteiger partial charge >= 0.3 is 0 Å². The maximum atomic E-state index is 12.7. The van der Waals surface area contributed by atoms with Crippen molar-refractivity contribution in [1.29, 1.82) is 0 Å². The van der Waals surface area contributed by atoms with Gasteiger partial charge in [0.05, 0.1) is 17.4 Å². The van der Waals surface area contributed by atoms with Crippen molar-refractivity contribution >= 4 is 34.6 Å². The third kappa shape index (κ3) is 3.67. The normalized spacial score (nSPS) is 13.2. The van der Waals surface area contributed by atoms with Gasteiger partial charge < -0.3 is 10.2 Å². The Balaban J connectivity index is 1.62. The summed E-state index contributed by atoms with van der Waals surface area (Å²) >= 11 is 6.05. The van der Waals surface area contributed by atoms with Gasteiger partial charge in [-0.05, 0) is 55.2 Å². The van der Waals surface area contributed by atoms with Gasteiger partial charge in [0.1, 0.15) is 0 Å². The number of fused-ring (bicyclic) bond motifs is 1. The van der Waals surface area contributed by atoms with E-state index in [1.165, 1.54) is 11.3 Å². The van der Waals surface area contributed by atoms with Gasteiger partial charge in [-0.25, -0.2) is 0 Å². The minimum Gasteiger partial charge on any atom is -0.340 e. The monoisotopic (exact) mass is 377 g/mol. The molecular weight excluding hydrogens is 358 g/mol. The number of nitrogens with zero attached hydrogens (tertiary/aromatic N) is 2. The van der Waals surface area contributed by atoms with E-state index in [1.54, 1.807) is 12.3 Å². The molecular formula is C22H20ClN3O. The smallest absolute Gasteiger partial charge is 0.257 e. The van der Waals surface area contributed by atoms with Crippen LogP contribution in [0.5, 0.6) is 0 Å². The van der Waals surface area contributed by atoms with Crippen LogP contribution in [0, 0.1) is 6.92 Å². The lowest BCUT2D eigenvalue weighted by Gasteiger charge is -2.31. The molecule has 1 amide bonds. The summed E-state index contributed by atoms with van der Waals surface area (Å²) in [7, 11) is 0. The number of aryl methyl sites for hydroxylation is 2. The van der Waals surface area contributed by atoms with E-state index >= 15 is 0 Å². The lowest BCUT2D eigenvalue weighted by Crippen LogP contribution is -2.25. The molecule has 0 aliphatic carbocycles. The maximum absolute atomic E-state index is 12.7. The lowest BCUT2D eigenvalue weighted by atomic mass is 10.0. The van der Waals surface area contributed by atoms with Crippen LogP contribution >= 0.6 is 11.6 Å². The van der Waals surface area contributed by atoms with Crippen LogP contribution in [0.15, 0.2) is 60.9 Å². The molecule has 2 heterocycles. The van der Waals surface area contributed by atoms with Crippen LogP contribution in [-0.4, -0.2) is 17.4 Å². The van der Waals surface area contributed by atoms with E-state index in [0.29, 0.717) is 16.3 Å². The molecule has 0 bridgehead atoms. The number of pyridine rings is 1. The molecule has 0 unspecified atom stereocenters. The zero-order valence-electron chi connectivity index (χ0n) is 15.1. The van der Waals surface area contributed by atoms with Crippen LogP contribution in [0.3, 0.4) is 0 Å². The van der Waals surface area contributed by atoms with Gasteiger partial charge in [0.2, 0.25) is 0 Å². The summed E-state index contributed by atoms with van der Waals surface area (Å²) in [5.74, 6) is -0.194. The molecule has 136 valence electrons. The number of carbonyl (C=O) groups excluding carboxylic acids is 1. The Morgan fingerprint density at radius 3 is 2.89 bits per heavy atom. The standard InChI is InChI=1S/C22H20ClN3O/c1-15-8-9-18(23)12-20(15)25-22(27)17-11-19(14-24-13-17)26-10-4-6-16-5-2-3-7-21(16)26/h2-3,5,7-9,11-14H,4,6,10H2,1H3,(H,25,27). The molecule has 27 heavy (non-hydrogen) atoms. The average Bonchev–Trinajstić information content (AvgIpc) is 2.70. The number of hydrogen-bond acceptors (Lipinski definition) is 3. The van der Waals surface area contributed by atoms with Crippen LogP contribution in [0.25, 0.3) is 0 Å². The van der Waals surface area contributed by atoms with E-state index in [2.05, 4.69) is 33.4 Å². The van der Waals surface area contributed by atoms with Gasteiger partial charge in [-0.1, -0.05) is 35.9 Å². The number of halogens is 1. The molecule has 3 aromatic rings. The van der Waals surface area contributed by atoms with Crippen LogP contribution in [0.2, 0.25) is 5.02 Å². The lowest BCUT2D eigenvalue weighted by molar-refractivity contribution is 0.102. The van der Waals surface area contributed by atoms with Crippen LogP contribution in [0.1, 0.15) is 27.9 Å². The number of amides is 1. The number of aromatic nitrogens is 1. The number of anilines is 3. The van der Waals surface area contributed by atoms with Gasteiger partial charge in [-0.3, -0.25) is 9.78 Å². The third-order valence-electron chi connectivity index (χ3n) is 4.86. The quantitative estimate of drug-likeness (QED) is 0.666. The molecule has 1 aromatic heterocycles. The van der Waals surface area contributed by atoms with Gasteiger partial charge in [0, 0.05) is 29.1 Å². The Morgan fingerprint density at radius 2 is 2.00 bits per heavy atom. The van der Waals surface area contributed by atoms with Crippen molar-refractivity contribution < 1.29 is 4.79 Å². The first-order valence-corrected chi connectivity index (χ1v) is 9.37. The molecule has 1 aliphatic rings. The fraction of sp³-hybridized carbons (Fsp3) is 0.182. The molecule has 1 N–H and O–H groups in total. The molecule has 0 saturated heterocycles. The number of hydrogen-bond donors (Lipinski definition) is 1. The minimum absolute atomic E-state index is 0.194. The first-order valence-electron chi connectivity index (χ1n) is 9.00. The minimum atomic E-state index is -0.194. The molecule has 2 aromatic carbocycles. The first kappa shape index (κ1) is 17.6. The van der Waals surface area contributed by atoms with E-state index in [9.17, 15) is 4.79 Å². The highest BCUT2D eigenvalue weighted by Crippen LogP contribution is 2.33. The molecule has 1 aliphatic heterocycles. The van der Waals surface area contributed by atoms with Crippen molar-refractivity contribution in [1.82, 2.24) is 4.98 Å². The molecule has 0 radical (unpaired) electrons. The van der Waals surface area contributed by atoms with Crippen molar-refractivity contribution in [3.63, 3.8) is 0 Å². The Kier molecular flexibility index (Phi) is 4.82. The highest BCUT2D eigenvalue weighted by atomic mass is 35.5. The summed E-state index contributed by atoms with van der Waals surface area (Å²) in [4.78, 5) is 19.3. The highest BCUT2D eigenvalue weighted by Gasteiger charge is 2.19. The molecule has 4 nitrogen and oxygen atoms in total. The summed E-state index contributed by atoms with van der Waals surface area (Å²) in [6.07, 6.45) is 5.56. The van der Waals surface area contributed by atoms with Crippen molar-refractivity contribution in [3.05, 3.63) is 82.6 Å². The van der Waals surface area contributed by atoms with E-state index in [-0.39, 0.29) is 5.91 Å². The highest BCUT2D eigenvalue weighted by molar-refractivity contribution is 6.31. The summed E-state index contributed by atoms with van der Waals surface area (Å²) in [5, 5.41) is 3.53. The fourth-order valence-corrected chi connectivity index (χ4v) is 3.60. The van der Waals surface area contributed by atoms with E-state index < -0.39 is 0 Å². The predicted octanol–water partition coefficient (Wildman–Crippen LogP) is 5.38. The Morgan fingerprint density at radius 1 is 1.15 bits per heavy atom. The van der Waals surface area contributed by atoms with Crippen molar-refractivity contribution in [2.24, 2.45) is 0 Å². The van der Waals surface area contributed by atoms with Crippen molar-refractivity contribution in [2.45, 2.75) is 19.8 Å². The number of rotatable bonds is 3. The number of para-hydroxylation sites is 1. The zero-order valence-corrected chi connectivity index (χ0v) is 15.8. The summed E-state index contributed by atoms with van der Waals surface area (Å²) in [6, 6.07) is 15.7. The van der Waals surface area contributed by atoms with Gasteiger partial charge in [0.25, 0.3) is 5.91 Å². The second-order valence-corrected chi connectivity index (χ2v) is 7.17. The number of benzene rings is 2. The largest absolute Gasteiger partial charge is 0.340 e. The molecule has 4 rings (SSSR count). The number of nitrogens with one attached hydrogen (secondary N) is 1. The average molecular weight is 378 g/mol. The van der Waals surface area contributed by atoms with Gasteiger partial charge in [0.15, 0.2) is 0 Å². The topological polar surface area (TPSA) is 45.2 Å². The molecule has 5 heteroatoms.